The van der Waals surface area contributed by atoms with Crippen LogP contribution in [0.25, 0.3) is 0 Å². The number of carbonyl (C=O) groups is 1. The van der Waals surface area contributed by atoms with Crippen molar-refractivity contribution in [2.24, 2.45) is 0 Å². The fourth-order valence-electron chi connectivity index (χ4n) is 1.04. The highest BCUT2D eigenvalue weighted by Crippen LogP contribution is 2.05. The maximum absolute atomic E-state index is 11.1. The molecule has 2 heteroatoms. The van der Waals surface area contributed by atoms with Crippen molar-refractivity contribution in [1.29, 1.82) is 0 Å². The zero-order valence-electron chi connectivity index (χ0n) is 9.10. The van der Waals surface area contributed by atoms with E-state index in [0.717, 1.165) is 23.9 Å². The predicted octanol–water partition coefficient (Wildman–Crippen LogP) is 2.17. The van der Waals surface area contributed by atoms with Crippen molar-refractivity contribution in [3.05, 3.63) is 19.2 Å². The van der Waals surface area contributed by atoms with Crippen LogP contribution in [0.15, 0.2) is 12.2 Å². The van der Waals surface area contributed by atoms with Gasteiger partial charge >= 0.3 is 0 Å². The Kier molecular flexibility index (Phi) is 4.92. The molecule has 0 bridgehead atoms. The van der Waals surface area contributed by atoms with Crippen LogP contribution >= 0.6 is 0 Å². The third-order valence-electron chi connectivity index (χ3n) is 1.89. The second-order valence-electron chi connectivity index (χ2n) is 4.32. The summed E-state index contributed by atoms with van der Waals surface area (Å²) in [6.07, 6.45) is 2.63. The van der Waals surface area contributed by atoms with Gasteiger partial charge in [0.1, 0.15) is 0 Å². The van der Waals surface area contributed by atoms with Crippen LogP contribution in [-0.2, 0) is 4.79 Å². The van der Waals surface area contributed by atoms with Gasteiger partial charge in [-0.15, -0.1) is 7.05 Å². The van der Waals surface area contributed by atoms with Crippen molar-refractivity contribution >= 4 is 5.78 Å². The number of ketones is 1. The predicted molar refractivity (Wildman–Crippen MR) is 56.0 cm³/mol. The molecule has 0 radical (unpaired) electrons. The Morgan fingerprint density at radius 2 is 1.92 bits per heavy atom. The second-order valence-corrected chi connectivity index (χ2v) is 4.32. The Morgan fingerprint density at radius 3 is 2.31 bits per heavy atom. The van der Waals surface area contributed by atoms with Gasteiger partial charge in [-0.05, 0) is 25.3 Å². The van der Waals surface area contributed by atoms with E-state index >= 15 is 0 Å². The Bertz CT molecular complexity index is 189. The molecule has 0 N–H and O–H groups in total. The van der Waals surface area contributed by atoms with E-state index in [2.05, 4.69) is 27.7 Å². The van der Waals surface area contributed by atoms with Gasteiger partial charge in [0.05, 0.1) is 6.54 Å². The fourth-order valence-corrected chi connectivity index (χ4v) is 1.04. The number of allylic oxidation sites excluding steroid dienone is 1. The van der Waals surface area contributed by atoms with Gasteiger partial charge in [-0.2, -0.15) is 0 Å². The summed E-state index contributed by atoms with van der Waals surface area (Å²) < 4.78 is 0.723. The summed E-state index contributed by atoms with van der Waals surface area (Å²) >= 11 is 0. The number of rotatable bonds is 6. The number of hydrogen-bond acceptors (Lipinski definition) is 1. The second kappa shape index (κ2) is 5.18. The molecular formula is C11H21NO. The van der Waals surface area contributed by atoms with Gasteiger partial charge in [-0.3, -0.25) is 4.79 Å². The Morgan fingerprint density at radius 1 is 1.38 bits per heavy atom. The minimum absolute atomic E-state index is 0.189. The van der Waals surface area contributed by atoms with Gasteiger partial charge < -0.3 is 4.48 Å². The smallest absolute Gasteiger partial charge is 0.157 e. The summed E-state index contributed by atoms with van der Waals surface area (Å²) in [5.41, 5.74) is 0.670. The molecule has 0 spiro atoms. The van der Waals surface area contributed by atoms with E-state index < -0.39 is 0 Å². The molecule has 0 aromatic carbocycles. The standard InChI is InChI=1S/C11H21NO/c1-10(2)11(13)8-6-7-9-12(3,4)5/h1,3,6-9H2,2,4-5H3. The fraction of sp³-hybridized carbons (Fsp3) is 0.636. The third-order valence-corrected chi connectivity index (χ3v) is 1.89. The molecule has 0 atom stereocenters. The van der Waals surface area contributed by atoms with Crippen molar-refractivity contribution in [2.45, 2.75) is 26.2 Å². The molecule has 0 aliphatic rings. The van der Waals surface area contributed by atoms with Gasteiger partial charge in [0.15, 0.2) is 5.78 Å². The third kappa shape index (κ3) is 7.72. The van der Waals surface area contributed by atoms with Gasteiger partial charge in [-0.1, -0.05) is 6.58 Å². The van der Waals surface area contributed by atoms with Gasteiger partial charge in [0, 0.05) is 20.5 Å². The first-order valence-corrected chi connectivity index (χ1v) is 4.69. The largest absolute Gasteiger partial charge is 0.462 e. The molecule has 0 aliphatic heterocycles. The van der Waals surface area contributed by atoms with Crippen LogP contribution in [0.1, 0.15) is 26.2 Å². The van der Waals surface area contributed by atoms with Crippen molar-refractivity contribution < 1.29 is 9.28 Å². The number of Topliss-reactive ketones (excluding diaryl/α,β-unsaturated/α-hetero) is 1. The van der Waals surface area contributed by atoms with E-state index in [4.69, 9.17) is 0 Å². The van der Waals surface area contributed by atoms with E-state index in [-0.39, 0.29) is 5.78 Å². The maximum atomic E-state index is 11.1. The lowest BCUT2D eigenvalue weighted by molar-refractivity contribution is -0.845. The highest BCUT2D eigenvalue weighted by atomic mass is 16.1. The molecule has 0 unspecified atom stereocenters. The van der Waals surface area contributed by atoms with Crippen molar-refractivity contribution in [2.75, 3.05) is 20.6 Å². The van der Waals surface area contributed by atoms with E-state index in [1.54, 1.807) is 6.92 Å². The van der Waals surface area contributed by atoms with Crippen molar-refractivity contribution in [3.8, 4) is 0 Å². The first-order valence-electron chi connectivity index (χ1n) is 4.69. The zero-order chi connectivity index (χ0) is 10.5. The summed E-state index contributed by atoms with van der Waals surface area (Å²) in [6, 6.07) is 0. The van der Waals surface area contributed by atoms with Crippen LogP contribution in [0.2, 0.25) is 0 Å². The summed E-state index contributed by atoms with van der Waals surface area (Å²) in [7, 11) is 8.07. The van der Waals surface area contributed by atoms with Crippen molar-refractivity contribution in [3.63, 3.8) is 0 Å². The van der Waals surface area contributed by atoms with E-state index in [1.165, 1.54) is 0 Å². The average Bonchev–Trinajstić information content (AvgIpc) is 1.95. The molecule has 0 aromatic rings. The molecule has 0 heterocycles. The lowest BCUT2D eigenvalue weighted by atomic mass is 10.1. The Balaban J connectivity index is 3.47. The number of carbonyl (C=O) groups excluding carboxylic acids is 1. The normalized spacial score (nSPS) is 11.4. The van der Waals surface area contributed by atoms with E-state index in [1.807, 2.05) is 0 Å². The van der Waals surface area contributed by atoms with Crippen LogP contribution in [0.3, 0.4) is 0 Å². The van der Waals surface area contributed by atoms with Crippen LogP contribution in [0.4, 0.5) is 0 Å². The molecule has 0 fully saturated rings. The maximum Gasteiger partial charge on any atom is 0.157 e. The lowest BCUT2D eigenvalue weighted by Crippen LogP contribution is -2.32. The Labute approximate surface area is 81.8 Å². The number of hydrogen-bond donors (Lipinski definition) is 0. The molecule has 13 heavy (non-hydrogen) atoms. The molecule has 0 aliphatic carbocycles. The van der Waals surface area contributed by atoms with Crippen LogP contribution in [0, 0.1) is 7.05 Å². The minimum Gasteiger partial charge on any atom is -0.462 e. The summed E-state index contributed by atoms with van der Waals surface area (Å²) in [5, 5.41) is 0. The molecule has 76 valence electrons. The molecule has 0 saturated carbocycles. The van der Waals surface area contributed by atoms with E-state index in [9.17, 15) is 4.79 Å². The van der Waals surface area contributed by atoms with E-state index in [0.29, 0.717) is 12.0 Å². The SMILES string of the molecule is C=C(C)C(=O)CCCC[N+]([CH2-])(C)C. The van der Waals surface area contributed by atoms with Crippen LogP contribution < -0.4 is 0 Å². The van der Waals surface area contributed by atoms with Crippen LogP contribution in [0.5, 0.6) is 0 Å². The zero-order valence-corrected chi connectivity index (χ0v) is 9.10. The molecule has 0 rings (SSSR count). The summed E-state index contributed by atoms with van der Waals surface area (Å²) in [5.74, 6) is 0.189. The van der Waals surface area contributed by atoms with Crippen LogP contribution in [-0.4, -0.2) is 30.9 Å². The molecule has 0 amide bonds. The molecule has 0 aromatic heterocycles. The average molecular weight is 183 g/mol. The highest BCUT2D eigenvalue weighted by Gasteiger charge is 2.04. The highest BCUT2D eigenvalue weighted by molar-refractivity contribution is 5.93. The van der Waals surface area contributed by atoms with Crippen molar-refractivity contribution in [1.82, 2.24) is 0 Å². The number of unbranched alkanes of at least 4 members (excludes halogenated alkanes) is 1. The first-order chi connectivity index (χ1) is 5.83. The molecule has 0 saturated heterocycles. The van der Waals surface area contributed by atoms with Gasteiger partial charge in [0.25, 0.3) is 0 Å². The van der Waals surface area contributed by atoms with Gasteiger partial charge in [0.2, 0.25) is 0 Å². The monoisotopic (exact) mass is 183 g/mol. The quantitative estimate of drug-likeness (QED) is 0.267. The summed E-state index contributed by atoms with van der Waals surface area (Å²) in [6.45, 7) is 6.40. The molecular weight excluding hydrogens is 162 g/mol. The topological polar surface area (TPSA) is 17.1 Å². The Hall–Kier alpha value is -0.630. The first kappa shape index (κ1) is 12.4. The summed E-state index contributed by atoms with van der Waals surface area (Å²) in [4.78, 5) is 11.1. The number of quaternary nitrogens is 1. The van der Waals surface area contributed by atoms with Gasteiger partial charge in [-0.25, -0.2) is 0 Å². The molecule has 2 nitrogen and oxygen atoms in total. The lowest BCUT2D eigenvalue weighted by Gasteiger charge is -2.32. The minimum atomic E-state index is 0.189. The number of nitrogens with zero attached hydrogens (tertiary/aromatic N) is 1.